The first kappa shape index (κ1) is 19.4. The minimum absolute atomic E-state index is 0. The first-order chi connectivity index (χ1) is 14.0. The van der Waals surface area contributed by atoms with Gasteiger partial charge in [-0.15, -0.1) is 0 Å². The van der Waals surface area contributed by atoms with Crippen LogP contribution >= 0.6 is 0 Å². The Bertz CT molecular complexity index is 933. The number of anilines is 1. The molecule has 2 aliphatic rings. The molecule has 1 aromatic carbocycles. The summed E-state index contributed by atoms with van der Waals surface area (Å²) in [5.41, 5.74) is 2.98. The monoisotopic (exact) mass is 395 g/mol. The lowest BCUT2D eigenvalue weighted by atomic mass is 9.68. The maximum atomic E-state index is 13.0. The number of nitrogens with zero attached hydrogens (tertiary/aromatic N) is 2. The molecule has 2 heterocycles. The van der Waals surface area contributed by atoms with E-state index in [0.29, 0.717) is 23.9 Å². The van der Waals surface area contributed by atoms with E-state index in [4.69, 9.17) is 10.1 Å². The molecule has 1 aromatic heterocycles. The normalized spacial score (nSPS) is 23.1. The van der Waals surface area contributed by atoms with Crippen molar-refractivity contribution in [1.29, 1.82) is 5.41 Å². The molecule has 2 fully saturated rings. The highest BCUT2D eigenvalue weighted by Gasteiger charge is 2.56. The number of hydrogen-bond acceptors (Lipinski definition) is 3. The van der Waals surface area contributed by atoms with Gasteiger partial charge in [0.2, 0.25) is 0 Å². The van der Waals surface area contributed by atoms with E-state index >= 15 is 0 Å². The molecule has 7 heteroatoms. The molecule has 1 aliphatic carbocycles. The Kier molecular flexibility index (Phi) is 5.24. The highest BCUT2D eigenvalue weighted by molar-refractivity contribution is 6.05. The molecule has 2 unspecified atom stereocenters. The van der Waals surface area contributed by atoms with Crippen molar-refractivity contribution in [3.8, 4) is 0 Å². The molecule has 3 N–H and O–H groups in total. The highest BCUT2D eigenvalue weighted by Crippen LogP contribution is 2.47. The third kappa shape index (κ3) is 3.70. The van der Waals surface area contributed by atoms with Gasteiger partial charge in [0.25, 0.3) is 0 Å². The van der Waals surface area contributed by atoms with Gasteiger partial charge in [-0.1, -0.05) is 6.07 Å². The number of likely N-dealkylation sites (tertiary alicyclic amines) is 1. The lowest BCUT2D eigenvalue weighted by molar-refractivity contribution is -0.106. The number of ether oxygens (including phenoxy) is 1. The van der Waals surface area contributed by atoms with Crippen molar-refractivity contribution in [3.63, 3.8) is 0 Å². The van der Waals surface area contributed by atoms with Crippen molar-refractivity contribution in [3.05, 3.63) is 53.3 Å². The molecule has 0 spiro atoms. The quantitative estimate of drug-likeness (QED) is 0.523. The van der Waals surface area contributed by atoms with E-state index in [2.05, 4.69) is 15.3 Å². The average molecular weight is 396 g/mol. The summed E-state index contributed by atoms with van der Waals surface area (Å²) in [6, 6.07) is 9.58. The van der Waals surface area contributed by atoms with Gasteiger partial charge in [-0.3, -0.25) is 5.41 Å². The molecule has 2 amide bonds. The summed E-state index contributed by atoms with van der Waals surface area (Å²) in [6.07, 6.45) is 7.64. The SMILES string of the molecule is COCC12CCCC(C1)N2C(=O)Nc1ccc(C)c(C(=N)N=Cc2ccc[nH]2)c1.[HH]. The molecule has 1 saturated carbocycles. The van der Waals surface area contributed by atoms with Crippen LogP contribution in [-0.4, -0.2) is 53.3 Å². The Labute approximate surface area is 172 Å². The van der Waals surface area contributed by atoms with Gasteiger partial charge in [0.15, 0.2) is 5.84 Å². The van der Waals surface area contributed by atoms with E-state index in [0.717, 1.165) is 36.9 Å². The highest BCUT2D eigenvalue weighted by atomic mass is 16.5. The molecular formula is C22H29N5O2. The molecular weight excluding hydrogens is 366 g/mol. The number of H-pyrrole nitrogens is 1. The minimum atomic E-state index is -0.164. The summed E-state index contributed by atoms with van der Waals surface area (Å²) in [7, 11) is 1.69. The number of piperidine rings is 1. The van der Waals surface area contributed by atoms with Crippen LogP contribution in [0.15, 0.2) is 41.5 Å². The van der Waals surface area contributed by atoms with E-state index < -0.39 is 0 Å². The molecule has 29 heavy (non-hydrogen) atoms. The molecule has 2 aromatic rings. The number of hydrogen-bond donors (Lipinski definition) is 3. The number of aryl methyl sites for hydroxylation is 1. The van der Waals surface area contributed by atoms with Crippen LogP contribution in [0.3, 0.4) is 0 Å². The Morgan fingerprint density at radius 1 is 1.52 bits per heavy atom. The predicted octanol–water partition coefficient (Wildman–Crippen LogP) is 4.19. The van der Waals surface area contributed by atoms with Gasteiger partial charge in [-0.2, -0.15) is 0 Å². The van der Waals surface area contributed by atoms with Crippen molar-refractivity contribution < 1.29 is 11.0 Å². The Balaban J connectivity index is 0.00000256. The second-order valence-electron chi connectivity index (χ2n) is 7.97. The number of amidine groups is 1. The summed E-state index contributed by atoms with van der Waals surface area (Å²) in [6.45, 7) is 2.52. The number of carbonyl (C=O) groups is 1. The fourth-order valence-electron chi connectivity index (χ4n) is 4.64. The topological polar surface area (TPSA) is 93.6 Å². The first-order valence-electron chi connectivity index (χ1n) is 9.99. The van der Waals surface area contributed by atoms with E-state index in [1.165, 1.54) is 0 Å². The number of methoxy groups -OCH3 is 1. The number of urea groups is 1. The number of aliphatic imine (C=N–C) groups is 1. The maximum Gasteiger partial charge on any atom is 0.322 e. The van der Waals surface area contributed by atoms with Crippen LogP contribution in [0.5, 0.6) is 0 Å². The second-order valence-corrected chi connectivity index (χ2v) is 7.97. The Hall–Kier alpha value is -2.93. The number of nitrogens with one attached hydrogen (secondary N) is 3. The third-order valence-electron chi connectivity index (χ3n) is 6.00. The van der Waals surface area contributed by atoms with Crippen LogP contribution in [0.1, 0.15) is 43.9 Å². The van der Waals surface area contributed by atoms with Crippen molar-refractivity contribution in [1.82, 2.24) is 9.88 Å². The van der Waals surface area contributed by atoms with Gasteiger partial charge >= 0.3 is 6.03 Å². The van der Waals surface area contributed by atoms with E-state index in [9.17, 15) is 4.79 Å². The van der Waals surface area contributed by atoms with Gasteiger partial charge in [0, 0.05) is 32.0 Å². The average Bonchev–Trinajstić information content (AvgIpc) is 3.21. The van der Waals surface area contributed by atoms with Crippen LogP contribution in [0, 0.1) is 12.3 Å². The van der Waals surface area contributed by atoms with E-state index in [1.807, 2.05) is 48.4 Å². The zero-order valence-electron chi connectivity index (χ0n) is 16.9. The fraction of sp³-hybridized carbons (Fsp3) is 0.409. The molecule has 1 saturated heterocycles. The summed E-state index contributed by atoms with van der Waals surface area (Å²) in [4.78, 5) is 22.3. The lowest BCUT2D eigenvalue weighted by Gasteiger charge is -2.61. The Morgan fingerprint density at radius 3 is 3.10 bits per heavy atom. The molecule has 2 bridgehead atoms. The largest absolute Gasteiger partial charge is 0.382 e. The van der Waals surface area contributed by atoms with Crippen molar-refractivity contribution in [2.75, 3.05) is 19.0 Å². The summed E-state index contributed by atoms with van der Waals surface area (Å²) >= 11 is 0. The second kappa shape index (κ2) is 7.83. The third-order valence-corrected chi connectivity index (χ3v) is 6.00. The molecule has 0 radical (unpaired) electrons. The van der Waals surface area contributed by atoms with Gasteiger partial charge in [-0.05, 0) is 62.4 Å². The van der Waals surface area contributed by atoms with Gasteiger partial charge in [0.1, 0.15) is 0 Å². The minimum Gasteiger partial charge on any atom is -0.382 e. The summed E-state index contributed by atoms with van der Waals surface area (Å²) in [5.74, 6) is 0.157. The molecule has 4 rings (SSSR count). The first-order valence-corrected chi connectivity index (χ1v) is 9.99. The fourth-order valence-corrected chi connectivity index (χ4v) is 4.64. The van der Waals surface area contributed by atoms with Crippen LogP contribution in [0.2, 0.25) is 0 Å². The molecule has 1 aliphatic heterocycles. The van der Waals surface area contributed by atoms with Gasteiger partial charge < -0.3 is 19.9 Å². The van der Waals surface area contributed by atoms with Gasteiger partial charge in [-0.25, -0.2) is 9.79 Å². The van der Waals surface area contributed by atoms with Crippen LogP contribution in [0.4, 0.5) is 10.5 Å². The zero-order valence-corrected chi connectivity index (χ0v) is 16.9. The molecule has 154 valence electrons. The number of rotatable bonds is 5. The number of aromatic nitrogens is 1. The number of fused-ring (bicyclic) bond motifs is 2. The van der Waals surface area contributed by atoms with Crippen LogP contribution < -0.4 is 5.32 Å². The van der Waals surface area contributed by atoms with Crippen LogP contribution in [0.25, 0.3) is 0 Å². The number of benzene rings is 1. The van der Waals surface area contributed by atoms with Crippen molar-refractivity contribution >= 4 is 23.8 Å². The number of aromatic amines is 1. The Morgan fingerprint density at radius 2 is 2.38 bits per heavy atom. The number of amides is 2. The maximum absolute atomic E-state index is 13.0. The van der Waals surface area contributed by atoms with E-state index in [1.54, 1.807) is 13.3 Å². The predicted molar refractivity (Wildman–Crippen MR) is 116 cm³/mol. The lowest BCUT2D eigenvalue weighted by Crippen LogP contribution is -2.72. The zero-order chi connectivity index (χ0) is 20.4. The number of carbonyl (C=O) groups excluding carboxylic acids is 1. The summed E-state index contributed by atoms with van der Waals surface area (Å²) in [5, 5.41) is 11.3. The van der Waals surface area contributed by atoms with Crippen molar-refractivity contribution in [2.24, 2.45) is 4.99 Å². The van der Waals surface area contributed by atoms with Gasteiger partial charge in [0.05, 0.1) is 24.1 Å². The molecule has 2 atom stereocenters. The summed E-state index contributed by atoms with van der Waals surface area (Å²) < 4.78 is 5.41. The standard InChI is InChI=1S/C22H27N5O2.H2/c1-15-7-8-16(11-19(15)20(23)25-13-17-5-4-10-24-17)26-21(28)27-18-6-3-9-22(27,12-18)14-29-2;/h4-5,7-8,10-11,13,18,23-24H,3,6,9,12,14H2,1-2H3,(H,26,28);1H. The van der Waals surface area contributed by atoms with E-state index in [-0.39, 0.29) is 18.8 Å². The van der Waals surface area contributed by atoms with Crippen molar-refractivity contribution in [2.45, 2.75) is 44.2 Å². The molecule has 7 nitrogen and oxygen atoms in total. The van der Waals surface area contributed by atoms with Crippen LogP contribution in [-0.2, 0) is 4.74 Å². The smallest absolute Gasteiger partial charge is 0.322 e.